The Labute approximate surface area is 176 Å². The number of hydrogen-bond acceptors (Lipinski definition) is 4. The summed E-state index contributed by atoms with van der Waals surface area (Å²) in [6, 6.07) is 9.82. The van der Waals surface area contributed by atoms with Crippen LogP contribution >= 0.6 is 35.6 Å². The van der Waals surface area contributed by atoms with Crippen LogP contribution in [0.1, 0.15) is 5.56 Å². The molecule has 0 amide bonds. The summed E-state index contributed by atoms with van der Waals surface area (Å²) < 4.78 is 0. The van der Waals surface area contributed by atoms with Crippen molar-refractivity contribution in [3.63, 3.8) is 0 Å². The fourth-order valence-corrected chi connectivity index (χ4v) is 3.00. The number of anilines is 1. The van der Waals surface area contributed by atoms with Crippen molar-refractivity contribution < 1.29 is 0 Å². The maximum absolute atomic E-state index is 5.92. The molecule has 3 rings (SSSR count). The Morgan fingerprint density at radius 1 is 1.12 bits per heavy atom. The molecule has 0 aliphatic carbocycles. The van der Waals surface area contributed by atoms with Gasteiger partial charge in [0.05, 0.1) is 0 Å². The first kappa shape index (κ1) is 20.7. The molecular formula is C18H24ClIN6. The summed E-state index contributed by atoms with van der Waals surface area (Å²) in [4.78, 5) is 17.5. The topological polar surface area (TPSA) is 56.7 Å². The standard InChI is InChI=1S/C18H23ClN6.HI/c1-20-17(23-10-7-15-3-5-16(19)6-4-15)24-11-13-25(14-12-24)18-21-8-2-9-22-18;/h2-6,8-9H,7,10-14H2,1H3,(H,20,23);1H. The van der Waals surface area contributed by atoms with Gasteiger partial charge in [-0.05, 0) is 30.2 Å². The maximum Gasteiger partial charge on any atom is 0.225 e. The highest BCUT2D eigenvalue weighted by Crippen LogP contribution is 2.11. The SMILES string of the molecule is CN=C(NCCc1ccc(Cl)cc1)N1CCN(c2ncccn2)CC1.I. The first-order chi connectivity index (χ1) is 12.3. The summed E-state index contributed by atoms with van der Waals surface area (Å²) in [7, 11) is 1.83. The van der Waals surface area contributed by atoms with E-state index in [1.54, 1.807) is 12.4 Å². The summed E-state index contributed by atoms with van der Waals surface area (Å²) in [5.41, 5.74) is 1.26. The molecular weight excluding hydrogens is 463 g/mol. The smallest absolute Gasteiger partial charge is 0.225 e. The molecule has 140 valence electrons. The highest BCUT2D eigenvalue weighted by Gasteiger charge is 2.20. The molecule has 0 saturated carbocycles. The predicted molar refractivity (Wildman–Crippen MR) is 118 cm³/mol. The van der Waals surface area contributed by atoms with Crippen molar-refractivity contribution in [2.24, 2.45) is 4.99 Å². The number of hydrogen-bond donors (Lipinski definition) is 1. The van der Waals surface area contributed by atoms with Crippen LogP contribution in [0.3, 0.4) is 0 Å². The lowest BCUT2D eigenvalue weighted by molar-refractivity contribution is 0.370. The van der Waals surface area contributed by atoms with Gasteiger partial charge in [0.15, 0.2) is 5.96 Å². The zero-order valence-corrected chi connectivity index (χ0v) is 17.9. The molecule has 6 nitrogen and oxygen atoms in total. The fourth-order valence-electron chi connectivity index (χ4n) is 2.87. The minimum absolute atomic E-state index is 0. The lowest BCUT2D eigenvalue weighted by atomic mass is 10.1. The van der Waals surface area contributed by atoms with Gasteiger partial charge in [0.2, 0.25) is 5.95 Å². The second-order valence-electron chi connectivity index (χ2n) is 5.87. The molecule has 26 heavy (non-hydrogen) atoms. The molecule has 1 N–H and O–H groups in total. The van der Waals surface area contributed by atoms with Crippen molar-refractivity contribution in [1.82, 2.24) is 20.2 Å². The molecule has 0 unspecified atom stereocenters. The van der Waals surface area contributed by atoms with E-state index in [0.29, 0.717) is 0 Å². The lowest BCUT2D eigenvalue weighted by Crippen LogP contribution is -2.53. The van der Waals surface area contributed by atoms with E-state index in [-0.39, 0.29) is 24.0 Å². The van der Waals surface area contributed by atoms with Crippen LogP contribution in [0, 0.1) is 0 Å². The Balaban J connectivity index is 0.00000243. The largest absolute Gasteiger partial charge is 0.356 e. The minimum Gasteiger partial charge on any atom is -0.356 e. The molecule has 1 fully saturated rings. The molecule has 1 aliphatic heterocycles. The van der Waals surface area contributed by atoms with Crippen LogP contribution < -0.4 is 10.2 Å². The van der Waals surface area contributed by atoms with E-state index < -0.39 is 0 Å². The maximum atomic E-state index is 5.92. The summed E-state index contributed by atoms with van der Waals surface area (Å²) in [5, 5.41) is 4.22. The monoisotopic (exact) mass is 486 g/mol. The molecule has 1 aliphatic rings. The average Bonchev–Trinajstić information content (AvgIpc) is 2.68. The highest BCUT2D eigenvalue weighted by atomic mass is 127. The number of benzene rings is 1. The van der Waals surface area contributed by atoms with Crippen molar-refractivity contribution in [3.8, 4) is 0 Å². The van der Waals surface area contributed by atoms with Gasteiger partial charge in [-0.3, -0.25) is 4.99 Å². The highest BCUT2D eigenvalue weighted by molar-refractivity contribution is 14.0. The van der Waals surface area contributed by atoms with Crippen molar-refractivity contribution in [1.29, 1.82) is 0 Å². The molecule has 2 aromatic rings. The minimum atomic E-state index is 0. The van der Waals surface area contributed by atoms with Crippen molar-refractivity contribution in [3.05, 3.63) is 53.3 Å². The first-order valence-corrected chi connectivity index (χ1v) is 8.86. The van der Waals surface area contributed by atoms with Crippen LogP contribution in [0.25, 0.3) is 0 Å². The third kappa shape index (κ3) is 5.70. The number of aliphatic imine (C=N–C) groups is 1. The van der Waals surface area contributed by atoms with Gasteiger partial charge >= 0.3 is 0 Å². The number of aromatic nitrogens is 2. The number of rotatable bonds is 4. The Morgan fingerprint density at radius 3 is 2.38 bits per heavy atom. The van der Waals surface area contributed by atoms with E-state index in [0.717, 1.165) is 56.1 Å². The van der Waals surface area contributed by atoms with E-state index >= 15 is 0 Å². The molecule has 1 saturated heterocycles. The second-order valence-corrected chi connectivity index (χ2v) is 6.31. The molecule has 2 heterocycles. The van der Waals surface area contributed by atoms with E-state index in [9.17, 15) is 0 Å². The number of guanidine groups is 1. The number of nitrogens with one attached hydrogen (secondary N) is 1. The van der Waals surface area contributed by atoms with E-state index in [2.05, 4.69) is 42.2 Å². The Morgan fingerprint density at radius 2 is 1.77 bits per heavy atom. The zero-order chi connectivity index (χ0) is 17.5. The van der Waals surface area contributed by atoms with Gasteiger partial charge in [0, 0.05) is 57.2 Å². The van der Waals surface area contributed by atoms with Crippen LogP contribution in [0.4, 0.5) is 5.95 Å². The summed E-state index contributed by atoms with van der Waals surface area (Å²) >= 11 is 5.92. The van der Waals surface area contributed by atoms with Crippen LogP contribution in [0.5, 0.6) is 0 Å². The molecule has 1 aromatic carbocycles. The number of piperazine rings is 1. The van der Waals surface area contributed by atoms with Crippen molar-refractivity contribution in [2.75, 3.05) is 44.7 Å². The van der Waals surface area contributed by atoms with Crippen LogP contribution in [0.15, 0.2) is 47.7 Å². The number of halogens is 2. The number of nitrogens with zero attached hydrogens (tertiary/aromatic N) is 5. The van der Waals surface area contributed by atoms with Crippen LogP contribution in [-0.4, -0.2) is 60.6 Å². The van der Waals surface area contributed by atoms with Crippen LogP contribution in [-0.2, 0) is 6.42 Å². The van der Waals surface area contributed by atoms with Gasteiger partial charge in [0.1, 0.15) is 0 Å². The van der Waals surface area contributed by atoms with Gasteiger partial charge in [-0.15, -0.1) is 24.0 Å². The second kappa shape index (κ2) is 10.5. The van der Waals surface area contributed by atoms with E-state index in [4.69, 9.17) is 11.6 Å². The summed E-state index contributed by atoms with van der Waals surface area (Å²) in [6.07, 6.45) is 4.51. The Hall–Kier alpha value is -1.61. The van der Waals surface area contributed by atoms with Crippen LogP contribution in [0.2, 0.25) is 5.02 Å². The van der Waals surface area contributed by atoms with Gasteiger partial charge in [-0.1, -0.05) is 23.7 Å². The normalized spacial score (nSPS) is 14.8. The van der Waals surface area contributed by atoms with Crippen molar-refractivity contribution in [2.45, 2.75) is 6.42 Å². The Bertz CT molecular complexity index is 687. The third-order valence-electron chi connectivity index (χ3n) is 4.24. The lowest BCUT2D eigenvalue weighted by Gasteiger charge is -2.36. The zero-order valence-electron chi connectivity index (χ0n) is 14.8. The van der Waals surface area contributed by atoms with Gasteiger partial charge in [-0.25, -0.2) is 9.97 Å². The molecule has 0 spiro atoms. The quantitative estimate of drug-likeness (QED) is 0.409. The summed E-state index contributed by atoms with van der Waals surface area (Å²) in [6.45, 7) is 4.43. The Kier molecular flexibility index (Phi) is 8.37. The van der Waals surface area contributed by atoms with Gasteiger partial charge < -0.3 is 15.1 Å². The first-order valence-electron chi connectivity index (χ1n) is 8.48. The fraction of sp³-hybridized carbons (Fsp3) is 0.389. The predicted octanol–water partition coefficient (Wildman–Crippen LogP) is 2.69. The van der Waals surface area contributed by atoms with Gasteiger partial charge in [0.25, 0.3) is 0 Å². The van der Waals surface area contributed by atoms with E-state index in [1.807, 2.05) is 25.2 Å². The third-order valence-corrected chi connectivity index (χ3v) is 4.49. The van der Waals surface area contributed by atoms with Gasteiger partial charge in [-0.2, -0.15) is 0 Å². The van der Waals surface area contributed by atoms with Crippen molar-refractivity contribution >= 4 is 47.5 Å². The van der Waals surface area contributed by atoms with E-state index in [1.165, 1.54) is 5.56 Å². The molecule has 0 atom stereocenters. The summed E-state index contributed by atoms with van der Waals surface area (Å²) in [5.74, 6) is 1.75. The molecule has 0 radical (unpaired) electrons. The molecule has 8 heteroatoms. The molecule has 1 aromatic heterocycles. The average molecular weight is 487 g/mol. The molecule has 0 bridgehead atoms.